The number of halogens is 4. The number of carbonyl (C=O) groups is 2. The van der Waals surface area contributed by atoms with Crippen molar-refractivity contribution in [3.8, 4) is 5.75 Å². The topological polar surface area (TPSA) is 84.7 Å². The van der Waals surface area contributed by atoms with Crippen molar-refractivity contribution in [2.45, 2.75) is 32.1 Å². The molecule has 0 radical (unpaired) electrons. The molecule has 1 aromatic carbocycles. The van der Waals surface area contributed by atoms with Gasteiger partial charge in [0.15, 0.2) is 11.5 Å². The van der Waals surface area contributed by atoms with Crippen LogP contribution < -0.4 is 4.74 Å². The van der Waals surface area contributed by atoms with Crippen LogP contribution in [0.15, 0.2) is 18.2 Å². The first-order valence-electron chi connectivity index (χ1n) is 9.02. The van der Waals surface area contributed by atoms with Crippen LogP contribution in [0.25, 0.3) is 0 Å². The summed E-state index contributed by atoms with van der Waals surface area (Å²) in [5.74, 6) is -1.02. The maximum absolute atomic E-state index is 13.4. The molecule has 0 atom stereocenters. The molecule has 0 saturated heterocycles. The number of nitrogens with zero attached hydrogens (tertiary/aromatic N) is 3. The minimum Gasteiger partial charge on any atom is -0.496 e. The second kappa shape index (κ2) is 8.65. The highest BCUT2D eigenvalue weighted by atomic mass is 35.5. The van der Waals surface area contributed by atoms with Crippen LogP contribution in [0.2, 0.25) is 5.02 Å². The molecule has 2 heterocycles. The summed E-state index contributed by atoms with van der Waals surface area (Å²) in [7, 11) is 1.44. The lowest BCUT2D eigenvalue weighted by molar-refractivity contribution is -0.142. The number of alkyl halides is 3. The van der Waals surface area contributed by atoms with Crippen molar-refractivity contribution in [1.82, 2.24) is 14.7 Å². The second-order valence-corrected chi connectivity index (χ2v) is 7.39. The Hall–Kier alpha value is -2.59. The molecule has 162 valence electrons. The highest BCUT2D eigenvalue weighted by Gasteiger charge is 2.40. The highest BCUT2D eigenvalue weighted by Crippen LogP contribution is 2.35. The van der Waals surface area contributed by atoms with Crippen LogP contribution in [0.3, 0.4) is 0 Å². The Kier molecular flexibility index (Phi) is 6.37. The number of ketones is 1. The Morgan fingerprint density at radius 3 is 2.67 bits per heavy atom. The van der Waals surface area contributed by atoms with Crippen molar-refractivity contribution in [2.24, 2.45) is 0 Å². The van der Waals surface area contributed by atoms with E-state index < -0.39 is 17.8 Å². The summed E-state index contributed by atoms with van der Waals surface area (Å²) in [5, 5.41) is 13.0. The molecule has 0 bridgehead atoms. The summed E-state index contributed by atoms with van der Waals surface area (Å²) in [6, 6.07) is 4.77. The predicted molar refractivity (Wildman–Crippen MR) is 101 cm³/mol. The summed E-state index contributed by atoms with van der Waals surface area (Å²) in [4.78, 5) is 25.1. The molecule has 0 fully saturated rings. The maximum atomic E-state index is 13.4. The van der Waals surface area contributed by atoms with Crippen molar-refractivity contribution in [3.05, 3.63) is 45.7 Å². The lowest BCUT2D eigenvalue weighted by Gasteiger charge is -2.26. The SMILES string of the molecule is COc1ccc(Cl)cc1CC(=O)Cn1nc(C(F)(F)F)c2c1CN(CC(=O)O)CC2. The van der Waals surface area contributed by atoms with E-state index in [4.69, 9.17) is 21.4 Å². The fraction of sp³-hybridized carbons (Fsp3) is 0.421. The first-order valence-corrected chi connectivity index (χ1v) is 9.40. The quantitative estimate of drug-likeness (QED) is 0.705. The van der Waals surface area contributed by atoms with Gasteiger partial charge in [-0.15, -0.1) is 0 Å². The highest BCUT2D eigenvalue weighted by molar-refractivity contribution is 6.30. The van der Waals surface area contributed by atoms with Crippen LogP contribution in [0, 0.1) is 0 Å². The molecule has 11 heteroatoms. The third kappa shape index (κ3) is 4.93. The van der Waals surface area contributed by atoms with Crippen LogP contribution in [0.1, 0.15) is 22.5 Å². The Morgan fingerprint density at radius 2 is 2.03 bits per heavy atom. The van der Waals surface area contributed by atoms with E-state index in [0.29, 0.717) is 16.3 Å². The van der Waals surface area contributed by atoms with E-state index in [2.05, 4.69) is 5.10 Å². The zero-order chi connectivity index (χ0) is 22.1. The van der Waals surface area contributed by atoms with Gasteiger partial charge < -0.3 is 9.84 Å². The molecule has 1 aliphatic heterocycles. The van der Waals surface area contributed by atoms with Crippen LogP contribution in [-0.4, -0.2) is 51.7 Å². The molecular weight excluding hydrogens is 427 g/mol. The third-order valence-electron chi connectivity index (χ3n) is 4.80. The Balaban J connectivity index is 1.87. The number of ether oxygens (including phenoxy) is 1. The number of fused-ring (bicyclic) bond motifs is 1. The predicted octanol–water partition coefficient (Wildman–Crippen LogP) is 2.82. The van der Waals surface area contributed by atoms with E-state index in [1.165, 1.54) is 12.0 Å². The van der Waals surface area contributed by atoms with E-state index in [9.17, 15) is 22.8 Å². The number of benzene rings is 1. The molecule has 0 saturated carbocycles. The van der Waals surface area contributed by atoms with Gasteiger partial charge in [-0.1, -0.05) is 11.6 Å². The number of hydrogen-bond donors (Lipinski definition) is 1. The van der Waals surface area contributed by atoms with Crippen molar-refractivity contribution in [1.29, 1.82) is 0 Å². The average molecular weight is 446 g/mol. The smallest absolute Gasteiger partial charge is 0.435 e. The molecule has 2 aromatic rings. The van der Waals surface area contributed by atoms with E-state index in [1.807, 2.05) is 0 Å². The van der Waals surface area contributed by atoms with Gasteiger partial charge in [-0.25, -0.2) is 0 Å². The first-order chi connectivity index (χ1) is 14.1. The van der Waals surface area contributed by atoms with Crippen molar-refractivity contribution < 1.29 is 32.6 Å². The molecule has 1 N–H and O–H groups in total. The number of hydrogen-bond acceptors (Lipinski definition) is 5. The number of aromatic nitrogens is 2. The van der Waals surface area contributed by atoms with Crippen molar-refractivity contribution >= 4 is 23.4 Å². The van der Waals surface area contributed by atoms with Gasteiger partial charge in [0, 0.05) is 35.7 Å². The first kappa shape index (κ1) is 22.1. The van der Waals surface area contributed by atoms with Crippen LogP contribution in [0.4, 0.5) is 13.2 Å². The second-order valence-electron chi connectivity index (χ2n) is 6.96. The van der Waals surface area contributed by atoms with Crippen LogP contribution in [-0.2, 0) is 41.7 Å². The standard InChI is InChI=1S/C19H19ClF3N3O4/c1-30-16-3-2-12(20)6-11(16)7-13(27)8-26-15-9-25(10-17(28)29)5-4-14(15)18(24-26)19(21,22)23/h2-3,6H,4-5,7-10H2,1H3,(H,28,29). The summed E-state index contributed by atoms with van der Waals surface area (Å²) in [5.41, 5.74) is -0.293. The summed E-state index contributed by atoms with van der Waals surface area (Å²) in [6.45, 7) is -0.547. The summed E-state index contributed by atoms with van der Waals surface area (Å²) in [6.07, 6.45) is -4.75. The third-order valence-corrected chi connectivity index (χ3v) is 5.04. The summed E-state index contributed by atoms with van der Waals surface area (Å²) >= 11 is 5.96. The Labute approximate surface area is 175 Å². The number of carboxylic acid groups (broad SMARTS) is 1. The van der Waals surface area contributed by atoms with Gasteiger partial charge in [-0.05, 0) is 24.6 Å². The zero-order valence-electron chi connectivity index (χ0n) is 16.0. The minimum absolute atomic E-state index is 0.00770. The molecule has 0 aliphatic carbocycles. The molecule has 1 aliphatic rings. The van der Waals surface area contributed by atoms with Crippen molar-refractivity contribution in [2.75, 3.05) is 20.2 Å². The molecule has 7 nitrogen and oxygen atoms in total. The zero-order valence-corrected chi connectivity index (χ0v) is 16.8. The summed E-state index contributed by atoms with van der Waals surface area (Å²) < 4.78 is 46.5. The fourth-order valence-corrected chi connectivity index (χ4v) is 3.73. The van der Waals surface area contributed by atoms with E-state index in [-0.39, 0.29) is 56.1 Å². The number of carboxylic acids is 1. The van der Waals surface area contributed by atoms with Gasteiger partial charge in [0.25, 0.3) is 0 Å². The van der Waals surface area contributed by atoms with Gasteiger partial charge >= 0.3 is 12.1 Å². The number of rotatable bonds is 7. The lowest BCUT2D eigenvalue weighted by Crippen LogP contribution is -2.36. The number of aliphatic carboxylic acids is 1. The fourth-order valence-electron chi connectivity index (χ4n) is 3.54. The molecule has 30 heavy (non-hydrogen) atoms. The van der Waals surface area contributed by atoms with E-state index in [1.54, 1.807) is 18.2 Å². The molecule has 1 aromatic heterocycles. The monoisotopic (exact) mass is 445 g/mol. The van der Waals surface area contributed by atoms with E-state index in [0.717, 1.165) is 4.68 Å². The average Bonchev–Trinajstić information content (AvgIpc) is 2.99. The normalized spacial score (nSPS) is 14.4. The number of carbonyl (C=O) groups excluding carboxylic acids is 1. The van der Waals surface area contributed by atoms with Gasteiger partial charge in [-0.2, -0.15) is 18.3 Å². The molecule has 0 spiro atoms. The van der Waals surface area contributed by atoms with Crippen molar-refractivity contribution in [3.63, 3.8) is 0 Å². The minimum atomic E-state index is -4.66. The largest absolute Gasteiger partial charge is 0.496 e. The number of methoxy groups -OCH3 is 1. The van der Waals surface area contributed by atoms with Crippen LogP contribution >= 0.6 is 11.6 Å². The Morgan fingerprint density at radius 1 is 1.30 bits per heavy atom. The van der Waals surface area contributed by atoms with Crippen LogP contribution in [0.5, 0.6) is 5.75 Å². The van der Waals surface area contributed by atoms with Gasteiger partial charge in [-0.3, -0.25) is 19.2 Å². The number of Topliss-reactive ketones (excluding diaryl/α,β-unsaturated/α-hetero) is 1. The molecule has 3 rings (SSSR count). The molecule has 0 amide bonds. The molecule has 0 unspecified atom stereocenters. The van der Waals surface area contributed by atoms with Gasteiger partial charge in [0.05, 0.1) is 19.3 Å². The molecular formula is C19H19ClF3N3O4. The Bertz CT molecular complexity index is 975. The van der Waals surface area contributed by atoms with Gasteiger partial charge in [0.2, 0.25) is 0 Å². The van der Waals surface area contributed by atoms with E-state index >= 15 is 0 Å². The lowest BCUT2D eigenvalue weighted by atomic mass is 10.0. The maximum Gasteiger partial charge on any atom is 0.435 e. The van der Waals surface area contributed by atoms with Gasteiger partial charge in [0.1, 0.15) is 12.3 Å².